The number of nitrogen functional groups attached to an aromatic ring is 1. The number of carbonyl (C=O) groups is 1. The second-order valence-electron chi connectivity index (χ2n) is 3.98. The van der Waals surface area contributed by atoms with Crippen LogP contribution < -0.4 is 11.1 Å². The highest BCUT2D eigenvalue weighted by atomic mass is 19.2. The molecule has 0 radical (unpaired) electrons. The van der Waals surface area contributed by atoms with E-state index in [0.29, 0.717) is 12.1 Å². The Hall–Kier alpha value is -2.70. The van der Waals surface area contributed by atoms with Crippen LogP contribution in [-0.2, 0) is 0 Å². The van der Waals surface area contributed by atoms with Crippen LogP contribution in [0.1, 0.15) is 10.4 Å². The lowest BCUT2D eigenvalue weighted by molar-refractivity contribution is 0.102. The van der Waals surface area contributed by atoms with E-state index in [1.54, 1.807) is 0 Å². The molecule has 0 fully saturated rings. The maximum absolute atomic E-state index is 13.4. The Morgan fingerprint density at radius 3 is 2.50 bits per heavy atom. The second kappa shape index (κ2) is 5.12. The van der Waals surface area contributed by atoms with E-state index in [4.69, 9.17) is 5.73 Å². The van der Waals surface area contributed by atoms with E-state index >= 15 is 0 Å². The minimum Gasteiger partial charge on any atom is -0.506 e. The van der Waals surface area contributed by atoms with Gasteiger partial charge in [-0.25, -0.2) is 13.2 Å². The molecule has 0 unspecified atom stereocenters. The van der Waals surface area contributed by atoms with Crippen molar-refractivity contribution in [3.8, 4) is 5.75 Å². The van der Waals surface area contributed by atoms with Gasteiger partial charge in [-0.15, -0.1) is 0 Å². The van der Waals surface area contributed by atoms with Crippen molar-refractivity contribution in [2.75, 3.05) is 11.1 Å². The molecule has 7 heteroatoms. The third-order valence-corrected chi connectivity index (χ3v) is 2.53. The van der Waals surface area contributed by atoms with Crippen molar-refractivity contribution in [3.05, 3.63) is 53.3 Å². The quantitative estimate of drug-likeness (QED) is 0.450. The van der Waals surface area contributed by atoms with Gasteiger partial charge >= 0.3 is 0 Å². The minimum absolute atomic E-state index is 0.0410. The molecule has 4 nitrogen and oxygen atoms in total. The number of rotatable bonds is 2. The first-order chi connectivity index (χ1) is 9.38. The number of hydrogen-bond acceptors (Lipinski definition) is 3. The Bertz CT molecular complexity index is 690. The van der Waals surface area contributed by atoms with Gasteiger partial charge in [-0.3, -0.25) is 4.79 Å². The van der Waals surface area contributed by atoms with E-state index in [1.807, 2.05) is 5.32 Å². The highest BCUT2D eigenvalue weighted by molar-refractivity contribution is 6.04. The molecule has 0 heterocycles. The maximum atomic E-state index is 13.4. The fourth-order valence-electron chi connectivity index (χ4n) is 1.53. The zero-order valence-electron chi connectivity index (χ0n) is 9.95. The average molecular weight is 282 g/mol. The van der Waals surface area contributed by atoms with Gasteiger partial charge in [-0.2, -0.15) is 0 Å². The summed E-state index contributed by atoms with van der Waals surface area (Å²) in [6.45, 7) is 0. The Kier molecular flexibility index (Phi) is 3.51. The van der Waals surface area contributed by atoms with Crippen molar-refractivity contribution in [1.29, 1.82) is 0 Å². The first-order valence-electron chi connectivity index (χ1n) is 5.43. The maximum Gasteiger partial charge on any atom is 0.255 e. The fourth-order valence-corrected chi connectivity index (χ4v) is 1.53. The van der Waals surface area contributed by atoms with Gasteiger partial charge in [0.05, 0.1) is 11.4 Å². The molecule has 0 spiro atoms. The number of benzene rings is 2. The summed E-state index contributed by atoms with van der Waals surface area (Å²) in [5.41, 5.74) is 4.75. The van der Waals surface area contributed by atoms with E-state index in [1.165, 1.54) is 12.1 Å². The van der Waals surface area contributed by atoms with Crippen molar-refractivity contribution in [2.24, 2.45) is 0 Å². The Morgan fingerprint density at radius 2 is 1.85 bits per heavy atom. The fraction of sp³-hybridized carbons (Fsp3) is 0. The highest BCUT2D eigenvalue weighted by Gasteiger charge is 2.15. The molecule has 0 atom stereocenters. The van der Waals surface area contributed by atoms with E-state index in [2.05, 4.69) is 0 Å². The van der Waals surface area contributed by atoms with Crippen LogP contribution in [0.4, 0.5) is 24.5 Å². The molecule has 2 rings (SSSR count). The highest BCUT2D eigenvalue weighted by Crippen LogP contribution is 2.23. The predicted molar refractivity (Wildman–Crippen MR) is 66.8 cm³/mol. The van der Waals surface area contributed by atoms with Crippen LogP contribution in [0.25, 0.3) is 0 Å². The predicted octanol–water partition coefficient (Wildman–Crippen LogP) is 2.64. The molecule has 2 aromatic carbocycles. The number of aromatic hydroxyl groups is 1. The van der Waals surface area contributed by atoms with E-state index < -0.39 is 29.0 Å². The molecule has 2 aromatic rings. The SMILES string of the molecule is Nc1ccc(C(=O)Nc2cc(F)cc(F)c2F)cc1O. The van der Waals surface area contributed by atoms with E-state index in [-0.39, 0.29) is 17.0 Å². The van der Waals surface area contributed by atoms with Gasteiger partial charge in [0.1, 0.15) is 11.6 Å². The monoisotopic (exact) mass is 282 g/mol. The van der Waals surface area contributed by atoms with Gasteiger partial charge in [0.15, 0.2) is 11.6 Å². The summed E-state index contributed by atoms with van der Waals surface area (Å²) >= 11 is 0. The number of hydrogen-bond donors (Lipinski definition) is 3. The van der Waals surface area contributed by atoms with Gasteiger partial charge in [0, 0.05) is 17.7 Å². The van der Waals surface area contributed by atoms with Crippen LogP contribution in [0.2, 0.25) is 0 Å². The van der Waals surface area contributed by atoms with Gasteiger partial charge in [0.2, 0.25) is 0 Å². The molecule has 1 amide bonds. The van der Waals surface area contributed by atoms with Gasteiger partial charge in [-0.05, 0) is 18.2 Å². The largest absolute Gasteiger partial charge is 0.506 e. The Balaban J connectivity index is 2.30. The number of phenols is 1. The van der Waals surface area contributed by atoms with Crippen LogP contribution in [0.5, 0.6) is 5.75 Å². The minimum atomic E-state index is -1.42. The lowest BCUT2D eigenvalue weighted by Gasteiger charge is -2.08. The number of phenolic OH excluding ortho intramolecular Hbond substituents is 1. The topological polar surface area (TPSA) is 75.4 Å². The third kappa shape index (κ3) is 2.66. The Labute approximate surface area is 111 Å². The lowest BCUT2D eigenvalue weighted by atomic mass is 10.1. The molecule has 4 N–H and O–H groups in total. The lowest BCUT2D eigenvalue weighted by Crippen LogP contribution is -2.14. The van der Waals surface area contributed by atoms with Crippen molar-refractivity contribution in [2.45, 2.75) is 0 Å². The average Bonchev–Trinajstić information content (AvgIpc) is 2.38. The molecule has 0 saturated heterocycles. The van der Waals surface area contributed by atoms with Gasteiger partial charge < -0.3 is 16.2 Å². The van der Waals surface area contributed by atoms with Gasteiger partial charge in [-0.1, -0.05) is 0 Å². The molecule has 104 valence electrons. The van der Waals surface area contributed by atoms with Crippen LogP contribution in [0.15, 0.2) is 30.3 Å². The summed E-state index contributed by atoms with van der Waals surface area (Å²) in [5, 5.41) is 11.4. The number of nitrogens with one attached hydrogen (secondary N) is 1. The van der Waals surface area contributed by atoms with Crippen molar-refractivity contribution >= 4 is 17.3 Å². The normalized spacial score (nSPS) is 10.3. The van der Waals surface area contributed by atoms with Crippen LogP contribution in [0, 0.1) is 17.5 Å². The summed E-state index contributed by atoms with van der Waals surface area (Å²) in [7, 11) is 0. The number of carbonyl (C=O) groups excluding carboxylic acids is 1. The van der Waals surface area contributed by atoms with Crippen LogP contribution in [-0.4, -0.2) is 11.0 Å². The summed E-state index contributed by atoms with van der Waals surface area (Å²) < 4.78 is 39.3. The molecule has 0 aliphatic carbocycles. The number of amides is 1. The molecule has 0 aromatic heterocycles. The number of halogens is 3. The first-order valence-corrected chi connectivity index (χ1v) is 5.43. The summed E-state index contributed by atoms with van der Waals surface area (Å²) in [6, 6.07) is 4.61. The van der Waals surface area contributed by atoms with Crippen molar-refractivity contribution < 1.29 is 23.1 Å². The van der Waals surface area contributed by atoms with E-state index in [0.717, 1.165) is 6.07 Å². The standard InChI is InChI=1S/C13H9F3N2O2/c14-7-4-8(15)12(16)10(5-7)18-13(20)6-1-2-9(17)11(19)3-6/h1-5,19H,17H2,(H,18,20). The smallest absolute Gasteiger partial charge is 0.255 e. The molecular formula is C13H9F3N2O2. The third-order valence-electron chi connectivity index (χ3n) is 2.53. The molecule has 20 heavy (non-hydrogen) atoms. The molecule has 0 saturated carbocycles. The van der Waals surface area contributed by atoms with Crippen molar-refractivity contribution in [1.82, 2.24) is 0 Å². The molecule has 0 bridgehead atoms. The second-order valence-corrected chi connectivity index (χ2v) is 3.98. The zero-order valence-corrected chi connectivity index (χ0v) is 9.95. The molecule has 0 aliphatic heterocycles. The zero-order chi connectivity index (χ0) is 14.9. The number of anilines is 2. The Morgan fingerprint density at radius 1 is 1.15 bits per heavy atom. The van der Waals surface area contributed by atoms with Crippen molar-refractivity contribution in [3.63, 3.8) is 0 Å². The summed E-state index contributed by atoms with van der Waals surface area (Å²) in [4.78, 5) is 11.8. The first kappa shape index (κ1) is 13.7. The van der Waals surface area contributed by atoms with Crippen LogP contribution >= 0.6 is 0 Å². The molecule has 0 aliphatic rings. The number of nitrogens with two attached hydrogens (primary N) is 1. The summed E-state index contributed by atoms with van der Waals surface area (Å²) in [6.07, 6.45) is 0. The van der Waals surface area contributed by atoms with Gasteiger partial charge in [0.25, 0.3) is 5.91 Å². The summed E-state index contributed by atoms with van der Waals surface area (Å²) in [5.74, 6) is -4.99. The van der Waals surface area contributed by atoms with Crippen LogP contribution in [0.3, 0.4) is 0 Å². The molecular weight excluding hydrogens is 273 g/mol. The van der Waals surface area contributed by atoms with E-state index in [9.17, 15) is 23.1 Å².